The number of imide groups is 2. The first-order chi connectivity index (χ1) is 23.3. The third kappa shape index (κ3) is 6.42. The molecule has 4 heterocycles. The van der Waals surface area contributed by atoms with Crippen molar-refractivity contribution < 1.29 is 28.7 Å². The summed E-state index contributed by atoms with van der Waals surface area (Å²) in [4.78, 5) is 69.4. The van der Waals surface area contributed by atoms with E-state index in [2.05, 4.69) is 22.3 Å². The number of hydrogen-bond donors (Lipinski definition) is 1. The molecule has 1 unspecified atom stereocenters. The molecule has 0 aromatic heterocycles. The lowest BCUT2D eigenvalue weighted by Gasteiger charge is -2.47. The lowest BCUT2D eigenvalue weighted by molar-refractivity contribution is -0.139. The molecule has 0 bridgehead atoms. The van der Waals surface area contributed by atoms with Crippen molar-refractivity contribution in [2.45, 2.75) is 57.7 Å². The molecule has 0 saturated carbocycles. The monoisotopic (exact) mass is 648 g/mol. The average Bonchev–Trinajstić information content (AvgIpc) is 3.36. The molecule has 7 rings (SSSR count). The van der Waals surface area contributed by atoms with Gasteiger partial charge in [0.05, 0.1) is 17.7 Å². The number of amides is 5. The van der Waals surface area contributed by atoms with Gasteiger partial charge in [-0.1, -0.05) is 60.7 Å². The molecule has 0 radical (unpaired) electrons. The molecule has 3 saturated heterocycles. The van der Waals surface area contributed by atoms with Crippen molar-refractivity contribution in [2.24, 2.45) is 5.41 Å². The summed E-state index contributed by atoms with van der Waals surface area (Å²) >= 11 is 0. The van der Waals surface area contributed by atoms with Crippen LogP contribution in [0.4, 0.5) is 0 Å². The maximum absolute atomic E-state index is 13.6. The van der Waals surface area contributed by atoms with Crippen molar-refractivity contribution in [2.75, 3.05) is 32.8 Å². The maximum Gasteiger partial charge on any atom is 0.262 e. The van der Waals surface area contributed by atoms with E-state index >= 15 is 0 Å². The third-order valence-corrected chi connectivity index (χ3v) is 10.5. The highest BCUT2D eigenvalue weighted by Crippen LogP contribution is 2.42. The fraction of sp³-hybridized carbons (Fsp3) is 0.395. The first-order valence-corrected chi connectivity index (χ1v) is 16.9. The first-order valence-electron chi connectivity index (χ1n) is 16.9. The molecule has 1 N–H and O–H groups in total. The summed E-state index contributed by atoms with van der Waals surface area (Å²) in [6, 6.07) is 22.2. The van der Waals surface area contributed by atoms with Crippen LogP contribution in [0.5, 0.6) is 0 Å². The van der Waals surface area contributed by atoms with E-state index in [0.717, 1.165) is 80.0 Å². The number of piperidine rings is 3. The van der Waals surface area contributed by atoms with Gasteiger partial charge < -0.3 is 9.64 Å². The Labute approximate surface area is 280 Å². The van der Waals surface area contributed by atoms with Gasteiger partial charge in [0.2, 0.25) is 17.7 Å². The largest absolute Gasteiger partial charge is 0.367 e. The fourth-order valence-electron chi connectivity index (χ4n) is 7.69. The number of carbonyl (C=O) groups excluding carboxylic acids is 5. The van der Waals surface area contributed by atoms with Gasteiger partial charge in [0.25, 0.3) is 11.8 Å². The Hall–Kier alpha value is -4.67. The number of likely N-dealkylation sites (tertiary alicyclic amines) is 2. The summed E-state index contributed by atoms with van der Waals surface area (Å²) in [5.41, 5.74) is 4.54. The highest BCUT2D eigenvalue weighted by Gasteiger charge is 2.45. The minimum Gasteiger partial charge on any atom is -0.367 e. The van der Waals surface area contributed by atoms with Gasteiger partial charge in [-0.2, -0.15) is 0 Å². The smallest absolute Gasteiger partial charge is 0.262 e. The van der Waals surface area contributed by atoms with Crippen molar-refractivity contribution >= 4 is 29.5 Å². The summed E-state index contributed by atoms with van der Waals surface area (Å²) in [7, 11) is 0. The van der Waals surface area contributed by atoms with Crippen LogP contribution in [0.2, 0.25) is 0 Å². The lowest BCUT2D eigenvalue weighted by atomic mass is 9.71. The fourth-order valence-corrected chi connectivity index (χ4v) is 7.69. The Bertz CT molecular complexity index is 1740. The second kappa shape index (κ2) is 13.4. The number of ether oxygens (including phenoxy) is 1. The molecule has 3 aromatic rings. The molecule has 3 aromatic carbocycles. The van der Waals surface area contributed by atoms with Crippen LogP contribution in [0, 0.1) is 5.41 Å². The lowest BCUT2D eigenvalue weighted by Crippen LogP contribution is -2.54. The normalized spacial score (nSPS) is 21.0. The number of fused-ring (bicyclic) bond motifs is 1. The molecule has 10 heteroatoms. The standard InChI is InChI=1S/C38H40N4O6/c43-32-13-12-31(35(45)39-32)42-36(46)30-11-5-10-29(34(30)37(42)47)28-9-4-8-27(22-28)23-40-18-14-38(15-19-40)16-20-41(21-17-38)33(44)25-48-24-26-6-2-1-3-7-26/h1-11,22,31H,12-21,23-25H2,(H,39,43,45). The van der Waals surface area contributed by atoms with E-state index in [0.29, 0.717) is 17.7 Å². The number of nitrogens with one attached hydrogen (secondary N) is 1. The van der Waals surface area contributed by atoms with Gasteiger partial charge in [0, 0.05) is 26.1 Å². The van der Waals surface area contributed by atoms with Gasteiger partial charge in [-0.25, -0.2) is 0 Å². The van der Waals surface area contributed by atoms with Gasteiger partial charge in [0.1, 0.15) is 12.6 Å². The van der Waals surface area contributed by atoms with Crippen molar-refractivity contribution in [3.05, 3.63) is 95.1 Å². The van der Waals surface area contributed by atoms with Crippen LogP contribution >= 0.6 is 0 Å². The van der Waals surface area contributed by atoms with E-state index in [-0.39, 0.29) is 36.3 Å². The van der Waals surface area contributed by atoms with Crippen LogP contribution in [-0.4, -0.2) is 83.1 Å². The Balaban J connectivity index is 0.943. The second-order valence-electron chi connectivity index (χ2n) is 13.5. The Morgan fingerprint density at radius 3 is 2.23 bits per heavy atom. The van der Waals surface area contributed by atoms with Crippen LogP contribution in [0.15, 0.2) is 72.8 Å². The van der Waals surface area contributed by atoms with E-state index in [1.807, 2.05) is 53.4 Å². The van der Waals surface area contributed by atoms with Crippen molar-refractivity contribution in [3.63, 3.8) is 0 Å². The van der Waals surface area contributed by atoms with E-state index in [1.165, 1.54) is 0 Å². The molecule has 3 fully saturated rings. The van der Waals surface area contributed by atoms with Crippen LogP contribution in [-0.2, 0) is 32.3 Å². The average molecular weight is 649 g/mol. The van der Waals surface area contributed by atoms with Crippen LogP contribution in [0.1, 0.15) is 70.4 Å². The van der Waals surface area contributed by atoms with E-state index in [1.54, 1.807) is 12.1 Å². The van der Waals surface area contributed by atoms with Gasteiger partial charge >= 0.3 is 0 Å². The Morgan fingerprint density at radius 2 is 1.48 bits per heavy atom. The molecule has 0 aliphatic carbocycles. The first kappa shape index (κ1) is 31.9. The number of carbonyl (C=O) groups is 5. The van der Waals surface area contributed by atoms with Crippen LogP contribution in [0.3, 0.4) is 0 Å². The van der Waals surface area contributed by atoms with E-state index in [9.17, 15) is 24.0 Å². The molecule has 10 nitrogen and oxygen atoms in total. The zero-order valence-electron chi connectivity index (χ0n) is 27.0. The zero-order valence-corrected chi connectivity index (χ0v) is 27.0. The van der Waals surface area contributed by atoms with Gasteiger partial charge in [-0.15, -0.1) is 0 Å². The molecule has 4 aliphatic rings. The summed E-state index contributed by atoms with van der Waals surface area (Å²) in [6.45, 7) is 4.84. The molecule has 5 amide bonds. The Kier molecular flexibility index (Phi) is 8.94. The van der Waals surface area contributed by atoms with Crippen LogP contribution < -0.4 is 5.32 Å². The zero-order chi connectivity index (χ0) is 33.3. The van der Waals surface area contributed by atoms with E-state index in [4.69, 9.17) is 4.74 Å². The van der Waals surface area contributed by atoms with Gasteiger partial charge in [-0.3, -0.25) is 39.1 Å². The van der Waals surface area contributed by atoms with Gasteiger partial charge in [0.15, 0.2) is 0 Å². The minimum absolute atomic E-state index is 0.0666. The quantitative estimate of drug-likeness (QED) is 0.365. The molecule has 4 aliphatic heterocycles. The number of nitrogens with zero attached hydrogens (tertiary/aromatic N) is 3. The SMILES string of the molecule is O=C1CCC(N2C(=O)c3cccc(-c4cccc(CN5CCC6(CC5)CCN(C(=O)COCc5ccccc5)CC6)c4)c3C2=O)C(=O)N1. The minimum atomic E-state index is -0.997. The predicted molar refractivity (Wildman–Crippen MR) is 177 cm³/mol. The Morgan fingerprint density at radius 1 is 0.792 bits per heavy atom. The van der Waals surface area contributed by atoms with E-state index < -0.39 is 29.7 Å². The highest BCUT2D eigenvalue weighted by molar-refractivity contribution is 6.25. The summed E-state index contributed by atoms with van der Waals surface area (Å²) in [6.07, 6.45) is 4.43. The van der Waals surface area contributed by atoms with Crippen LogP contribution in [0.25, 0.3) is 11.1 Å². The second-order valence-corrected chi connectivity index (χ2v) is 13.5. The van der Waals surface area contributed by atoms with Crippen molar-refractivity contribution in [1.29, 1.82) is 0 Å². The number of rotatable bonds is 8. The molecule has 1 atom stereocenters. The molecular weight excluding hydrogens is 608 g/mol. The molecule has 48 heavy (non-hydrogen) atoms. The molecule has 248 valence electrons. The van der Waals surface area contributed by atoms with Crippen molar-refractivity contribution in [3.8, 4) is 11.1 Å². The maximum atomic E-state index is 13.6. The number of benzene rings is 3. The summed E-state index contributed by atoms with van der Waals surface area (Å²) < 4.78 is 5.69. The summed E-state index contributed by atoms with van der Waals surface area (Å²) in [5.74, 6) is -1.95. The third-order valence-electron chi connectivity index (χ3n) is 10.5. The molecule has 1 spiro atoms. The van der Waals surface area contributed by atoms with Crippen molar-refractivity contribution in [1.82, 2.24) is 20.0 Å². The van der Waals surface area contributed by atoms with Gasteiger partial charge in [-0.05, 0) is 85.0 Å². The molecular formula is C38H40N4O6. The predicted octanol–water partition coefficient (Wildman–Crippen LogP) is 4.18. The topological polar surface area (TPSA) is 116 Å². The highest BCUT2D eigenvalue weighted by atomic mass is 16.5. The summed E-state index contributed by atoms with van der Waals surface area (Å²) in [5, 5.41) is 2.25. The number of hydrogen-bond acceptors (Lipinski definition) is 7.